The molecule has 1 aliphatic rings. The fraction of sp³-hybridized carbons (Fsp3) is 0.0500. The van der Waals surface area contributed by atoms with Gasteiger partial charge < -0.3 is 9.26 Å². The Morgan fingerprint density at radius 3 is 2.65 bits per heavy atom. The molecule has 0 atom stereocenters. The average Bonchev–Trinajstić information content (AvgIpc) is 3.18. The number of carbonyl (C=O) groups excluding carboxylic acids is 1. The highest BCUT2D eigenvalue weighted by molar-refractivity contribution is 9.10. The van der Waals surface area contributed by atoms with E-state index in [4.69, 9.17) is 9.26 Å². The van der Waals surface area contributed by atoms with Crippen LogP contribution >= 0.6 is 15.9 Å². The van der Waals surface area contributed by atoms with Gasteiger partial charge in [0.05, 0.1) is 0 Å². The van der Waals surface area contributed by atoms with E-state index in [1.54, 1.807) is 13.0 Å². The molecule has 128 valence electrons. The van der Waals surface area contributed by atoms with E-state index in [1.165, 1.54) is 0 Å². The van der Waals surface area contributed by atoms with E-state index in [9.17, 15) is 4.79 Å². The molecule has 26 heavy (non-hydrogen) atoms. The molecular formula is C20H13BrN2O3. The number of esters is 1. The van der Waals surface area contributed by atoms with Crippen molar-refractivity contribution >= 4 is 33.9 Å². The molecule has 0 radical (unpaired) electrons. The van der Waals surface area contributed by atoms with Gasteiger partial charge in [0.25, 0.3) is 0 Å². The predicted octanol–water partition coefficient (Wildman–Crippen LogP) is 4.76. The molecule has 0 amide bonds. The zero-order chi connectivity index (χ0) is 18.1. The van der Waals surface area contributed by atoms with Gasteiger partial charge in [-0.05, 0) is 30.7 Å². The average molecular weight is 409 g/mol. The monoisotopic (exact) mass is 408 g/mol. The lowest BCUT2D eigenvalue weighted by Gasteiger charge is -2.01. The molecule has 1 aliphatic heterocycles. The van der Waals surface area contributed by atoms with Crippen LogP contribution in [0.2, 0.25) is 0 Å². The molecule has 0 spiro atoms. The van der Waals surface area contributed by atoms with Crippen molar-refractivity contribution in [2.75, 3.05) is 0 Å². The number of carbonyl (C=O) groups is 1. The molecule has 6 heteroatoms. The molecule has 2 aromatic carbocycles. The Morgan fingerprint density at radius 1 is 1.08 bits per heavy atom. The van der Waals surface area contributed by atoms with E-state index in [2.05, 4.69) is 26.1 Å². The highest BCUT2D eigenvalue weighted by Gasteiger charge is 2.30. The summed E-state index contributed by atoms with van der Waals surface area (Å²) in [6.07, 6.45) is 1.69. The molecule has 0 fully saturated rings. The number of rotatable bonds is 3. The normalized spacial score (nSPS) is 15.2. The van der Waals surface area contributed by atoms with E-state index in [0.29, 0.717) is 17.0 Å². The van der Waals surface area contributed by atoms with Gasteiger partial charge in [-0.3, -0.25) is 0 Å². The van der Waals surface area contributed by atoms with Gasteiger partial charge in [0.1, 0.15) is 17.0 Å². The van der Waals surface area contributed by atoms with Crippen LogP contribution in [0, 0.1) is 6.92 Å². The largest absolute Gasteiger partial charge is 0.402 e. The summed E-state index contributed by atoms with van der Waals surface area (Å²) in [7, 11) is 0. The van der Waals surface area contributed by atoms with Gasteiger partial charge in [-0.2, -0.15) is 0 Å². The van der Waals surface area contributed by atoms with E-state index < -0.39 is 5.97 Å². The third kappa shape index (κ3) is 3.11. The second kappa shape index (κ2) is 6.72. The van der Waals surface area contributed by atoms with Crippen LogP contribution in [0.15, 0.2) is 74.3 Å². The molecule has 5 nitrogen and oxygen atoms in total. The van der Waals surface area contributed by atoms with Crippen LogP contribution in [0.4, 0.5) is 0 Å². The Balaban J connectivity index is 1.76. The van der Waals surface area contributed by atoms with Crippen LogP contribution in [0.25, 0.3) is 17.3 Å². The van der Waals surface area contributed by atoms with Crippen molar-refractivity contribution in [3.8, 4) is 11.3 Å². The number of aryl methyl sites for hydroxylation is 1. The van der Waals surface area contributed by atoms with Crippen molar-refractivity contribution in [1.82, 2.24) is 5.16 Å². The first-order valence-electron chi connectivity index (χ1n) is 7.92. The smallest absolute Gasteiger partial charge is 0.363 e. The number of halogens is 1. The lowest BCUT2D eigenvalue weighted by Crippen LogP contribution is -2.07. The summed E-state index contributed by atoms with van der Waals surface area (Å²) in [4.78, 5) is 16.6. The van der Waals surface area contributed by atoms with Gasteiger partial charge in [0.2, 0.25) is 5.90 Å². The molecule has 2 heterocycles. The minimum atomic E-state index is -0.500. The SMILES string of the molecule is Cc1onc(-c2ccccc2)c1C1=NC(=Cc2cccc(Br)c2)C(=O)O1. The van der Waals surface area contributed by atoms with Gasteiger partial charge in [-0.15, -0.1) is 0 Å². The molecule has 3 aromatic rings. The summed E-state index contributed by atoms with van der Waals surface area (Å²) in [5.41, 5.74) is 3.13. The maximum atomic E-state index is 12.3. The third-order valence-electron chi connectivity index (χ3n) is 3.90. The van der Waals surface area contributed by atoms with E-state index >= 15 is 0 Å². The highest BCUT2D eigenvalue weighted by Crippen LogP contribution is 2.29. The summed E-state index contributed by atoms with van der Waals surface area (Å²) in [5.74, 6) is 0.243. The zero-order valence-electron chi connectivity index (χ0n) is 13.8. The van der Waals surface area contributed by atoms with E-state index in [-0.39, 0.29) is 11.6 Å². The number of ether oxygens (including phenoxy) is 1. The van der Waals surface area contributed by atoms with Crippen LogP contribution in [0.5, 0.6) is 0 Å². The summed E-state index contributed by atoms with van der Waals surface area (Å²) >= 11 is 3.41. The first-order valence-corrected chi connectivity index (χ1v) is 8.71. The summed E-state index contributed by atoms with van der Waals surface area (Å²) in [5, 5.41) is 4.10. The second-order valence-corrected chi connectivity index (χ2v) is 6.64. The minimum absolute atomic E-state index is 0.203. The Hall–Kier alpha value is -2.99. The molecule has 0 saturated carbocycles. The van der Waals surface area contributed by atoms with Crippen LogP contribution in [-0.4, -0.2) is 17.0 Å². The lowest BCUT2D eigenvalue weighted by molar-refractivity contribution is -0.129. The molecule has 0 saturated heterocycles. The number of benzene rings is 2. The van der Waals surface area contributed by atoms with Crippen molar-refractivity contribution in [3.63, 3.8) is 0 Å². The minimum Gasteiger partial charge on any atom is -0.402 e. The van der Waals surface area contributed by atoms with Crippen molar-refractivity contribution in [2.45, 2.75) is 6.92 Å². The topological polar surface area (TPSA) is 64.7 Å². The third-order valence-corrected chi connectivity index (χ3v) is 4.39. The highest BCUT2D eigenvalue weighted by atomic mass is 79.9. The van der Waals surface area contributed by atoms with Gasteiger partial charge in [0, 0.05) is 10.0 Å². The molecule has 0 unspecified atom stereocenters. The van der Waals surface area contributed by atoms with E-state index in [1.807, 2.05) is 54.6 Å². The fourth-order valence-corrected chi connectivity index (χ4v) is 3.10. The van der Waals surface area contributed by atoms with E-state index in [0.717, 1.165) is 15.6 Å². The lowest BCUT2D eigenvalue weighted by atomic mass is 10.1. The number of cyclic esters (lactones) is 1. The van der Waals surface area contributed by atoms with Crippen LogP contribution in [0.3, 0.4) is 0 Å². The van der Waals surface area contributed by atoms with Crippen molar-refractivity contribution < 1.29 is 14.1 Å². The fourth-order valence-electron chi connectivity index (χ4n) is 2.69. The van der Waals surface area contributed by atoms with Gasteiger partial charge in [-0.1, -0.05) is 63.6 Å². The first kappa shape index (κ1) is 16.5. The maximum Gasteiger partial charge on any atom is 0.363 e. The Labute approximate surface area is 158 Å². The predicted molar refractivity (Wildman–Crippen MR) is 101 cm³/mol. The number of nitrogens with zero attached hydrogens (tertiary/aromatic N) is 2. The molecule has 1 aromatic heterocycles. The van der Waals surface area contributed by atoms with Crippen LogP contribution in [-0.2, 0) is 9.53 Å². The van der Waals surface area contributed by atoms with Crippen LogP contribution < -0.4 is 0 Å². The van der Waals surface area contributed by atoms with Gasteiger partial charge in [-0.25, -0.2) is 9.79 Å². The van der Waals surface area contributed by atoms with Gasteiger partial charge >= 0.3 is 5.97 Å². The van der Waals surface area contributed by atoms with Crippen LogP contribution in [0.1, 0.15) is 16.9 Å². The van der Waals surface area contributed by atoms with Crippen molar-refractivity contribution in [1.29, 1.82) is 0 Å². The molecule has 4 rings (SSSR count). The van der Waals surface area contributed by atoms with Gasteiger partial charge in [0.15, 0.2) is 5.70 Å². The molecule has 0 bridgehead atoms. The summed E-state index contributed by atoms with van der Waals surface area (Å²) < 4.78 is 11.6. The second-order valence-electron chi connectivity index (χ2n) is 5.72. The standard InChI is InChI=1S/C20H13BrN2O3/c1-12-17(18(23-26-12)14-7-3-2-4-8-14)19-22-16(20(24)25-19)11-13-6-5-9-15(21)10-13/h2-11H,1H3. The Bertz CT molecular complexity index is 1050. The molecule has 0 N–H and O–H groups in total. The summed E-state index contributed by atoms with van der Waals surface area (Å²) in [6.45, 7) is 1.77. The first-order chi connectivity index (χ1) is 12.6. The zero-order valence-corrected chi connectivity index (χ0v) is 15.4. The molecular weight excluding hydrogens is 396 g/mol. The molecule has 0 aliphatic carbocycles. The summed E-state index contributed by atoms with van der Waals surface area (Å²) in [6, 6.07) is 17.1. The quantitative estimate of drug-likeness (QED) is 0.462. The Kier molecular flexibility index (Phi) is 4.26. The maximum absolute atomic E-state index is 12.3. The number of hydrogen-bond acceptors (Lipinski definition) is 5. The van der Waals surface area contributed by atoms with Crippen molar-refractivity contribution in [2.24, 2.45) is 4.99 Å². The Morgan fingerprint density at radius 2 is 1.88 bits per heavy atom. The number of hydrogen-bond donors (Lipinski definition) is 0. The number of aliphatic imine (C=N–C) groups is 1. The number of aromatic nitrogens is 1. The van der Waals surface area contributed by atoms with Crippen molar-refractivity contribution in [3.05, 3.63) is 81.7 Å².